The fourth-order valence-corrected chi connectivity index (χ4v) is 3.46. The van der Waals surface area contributed by atoms with Crippen LogP contribution >= 0.6 is 0 Å². The van der Waals surface area contributed by atoms with Gasteiger partial charge in [0.05, 0.1) is 17.8 Å². The molecule has 1 aromatic rings. The Labute approximate surface area is 143 Å². The van der Waals surface area contributed by atoms with Crippen LogP contribution in [0.1, 0.15) is 38.5 Å². The van der Waals surface area contributed by atoms with Crippen LogP contribution in [0.15, 0.2) is 12.4 Å². The monoisotopic (exact) mass is 358 g/mol. The molecule has 1 aliphatic heterocycles. The Morgan fingerprint density at radius 1 is 1.28 bits per heavy atom. The third-order valence-electron chi connectivity index (χ3n) is 4.72. The number of amides is 2. The molecule has 2 amide bonds. The molecule has 0 radical (unpaired) electrons. The number of anilines is 1. The molecule has 1 saturated heterocycles. The summed E-state index contributed by atoms with van der Waals surface area (Å²) in [4.78, 5) is 25.9. The van der Waals surface area contributed by atoms with Crippen molar-refractivity contribution in [1.82, 2.24) is 15.1 Å². The highest BCUT2D eigenvalue weighted by atomic mass is 19.4. The molecule has 1 aliphatic carbocycles. The summed E-state index contributed by atoms with van der Waals surface area (Å²) in [7, 11) is 0. The van der Waals surface area contributed by atoms with E-state index >= 15 is 0 Å². The molecule has 138 valence electrons. The molecule has 0 spiro atoms. The first-order valence-electron chi connectivity index (χ1n) is 8.52. The van der Waals surface area contributed by atoms with Gasteiger partial charge in [-0.25, -0.2) is 0 Å². The van der Waals surface area contributed by atoms with Crippen molar-refractivity contribution < 1.29 is 22.8 Å². The van der Waals surface area contributed by atoms with Gasteiger partial charge in [0.2, 0.25) is 11.8 Å². The smallest absolute Gasteiger partial charge is 0.353 e. The largest absolute Gasteiger partial charge is 0.408 e. The molecule has 0 unspecified atom stereocenters. The summed E-state index contributed by atoms with van der Waals surface area (Å²) in [5, 5.41) is 6.65. The maximum Gasteiger partial charge on any atom is 0.408 e. The van der Waals surface area contributed by atoms with Crippen LogP contribution in [0.3, 0.4) is 0 Å². The van der Waals surface area contributed by atoms with Gasteiger partial charge >= 0.3 is 6.18 Å². The SMILES string of the molecule is O=C(NC1CCCCC1)[C@@H]1CC(=O)N(c2cnn(CC(F)(F)F)c2)C1. The number of carbonyl (C=O) groups is 2. The lowest BCUT2D eigenvalue weighted by Crippen LogP contribution is -2.40. The fraction of sp³-hybridized carbons (Fsp3) is 0.688. The maximum absolute atomic E-state index is 12.4. The Kier molecular flexibility index (Phi) is 5.01. The number of nitrogens with one attached hydrogen (secondary N) is 1. The quantitative estimate of drug-likeness (QED) is 0.898. The molecule has 1 N–H and O–H groups in total. The van der Waals surface area contributed by atoms with Gasteiger partial charge in [-0.05, 0) is 12.8 Å². The average Bonchev–Trinajstić information content (AvgIpc) is 3.13. The lowest BCUT2D eigenvalue weighted by Gasteiger charge is -2.24. The topological polar surface area (TPSA) is 67.2 Å². The lowest BCUT2D eigenvalue weighted by molar-refractivity contribution is -0.142. The zero-order valence-corrected chi connectivity index (χ0v) is 13.8. The summed E-state index contributed by atoms with van der Waals surface area (Å²) < 4.78 is 38.0. The minimum Gasteiger partial charge on any atom is -0.353 e. The van der Waals surface area contributed by atoms with Crippen LogP contribution in [-0.2, 0) is 16.1 Å². The number of hydrogen-bond acceptors (Lipinski definition) is 3. The highest BCUT2D eigenvalue weighted by Gasteiger charge is 2.37. The fourth-order valence-electron chi connectivity index (χ4n) is 3.46. The Hall–Kier alpha value is -2.06. The van der Waals surface area contributed by atoms with Gasteiger partial charge < -0.3 is 10.2 Å². The van der Waals surface area contributed by atoms with E-state index in [0.717, 1.165) is 30.4 Å². The molecule has 0 aromatic carbocycles. The number of nitrogens with zero attached hydrogens (tertiary/aromatic N) is 3. The van der Waals surface area contributed by atoms with Gasteiger partial charge in [0.1, 0.15) is 6.54 Å². The number of halogens is 3. The highest BCUT2D eigenvalue weighted by molar-refractivity contribution is 6.00. The van der Waals surface area contributed by atoms with Crippen LogP contribution in [-0.4, -0.2) is 40.4 Å². The summed E-state index contributed by atoms with van der Waals surface area (Å²) in [6, 6.07) is 0.167. The van der Waals surface area contributed by atoms with E-state index in [1.807, 2.05) is 0 Å². The molecule has 9 heteroatoms. The van der Waals surface area contributed by atoms with E-state index in [1.54, 1.807) is 0 Å². The number of rotatable bonds is 4. The first-order chi connectivity index (χ1) is 11.8. The van der Waals surface area contributed by atoms with Crippen LogP contribution in [0.2, 0.25) is 0 Å². The molecule has 2 heterocycles. The Balaban J connectivity index is 1.59. The minimum atomic E-state index is -4.37. The van der Waals surface area contributed by atoms with Crippen molar-refractivity contribution in [3.05, 3.63) is 12.4 Å². The van der Waals surface area contributed by atoms with Crippen molar-refractivity contribution in [3.8, 4) is 0 Å². The minimum absolute atomic E-state index is 0.0724. The Morgan fingerprint density at radius 2 is 2.00 bits per heavy atom. The first kappa shape index (κ1) is 17.8. The molecular formula is C16H21F3N4O2. The molecule has 1 atom stereocenters. The van der Waals surface area contributed by atoms with E-state index in [1.165, 1.54) is 23.7 Å². The van der Waals surface area contributed by atoms with E-state index in [0.29, 0.717) is 5.69 Å². The first-order valence-corrected chi connectivity index (χ1v) is 8.52. The Morgan fingerprint density at radius 3 is 2.68 bits per heavy atom. The van der Waals surface area contributed by atoms with Crippen molar-refractivity contribution >= 4 is 17.5 Å². The molecule has 1 aromatic heterocycles. The van der Waals surface area contributed by atoms with Gasteiger partial charge in [0.15, 0.2) is 0 Å². The van der Waals surface area contributed by atoms with Gasteiger partial charge in [-0.15, -0.1) is 0 Å². The number of aromatic nitrogens is 2. The summed E-state index contributed by atoms with van der Waals surface area (Å²) in [5.41, 5.74) is 0.294. The molecule has 2 aliphatic rings. The van der Waals surface area contributed by atoms with E-state index < -0.39 is 18.6 Å². The summed E-state index contributed by atoms with van der Waals surface area (Å²) >= 11 is 0. The van der Waals surface area contributed by atoms with Crippen LogP contribution in [0, 0.1) is 5.92 Å². The molecule has 0 bridgehead atoms. The second kappa shape index (κ2) is 7.05. The summed E-state index contributed by atoms with van der Waals surface area (Å²) in [6.07, 6.45) is 3.41. The van der Waals surface area contributed by atoms with Crippen molar-refractivity contribution in [2.75, 3.05) is 11.4 Å². The Bertz CT molecular complexity index is 638. The van der Waals surface area contributed by atoms with Gasteiger partial charge in [0, 0.05) is 25.2 Å². The number of hydrogen-bond donors (Lipinski definition) is 1. The van der Waals surface area contributed by atoms with Crippen molar-refractivity contribution in [2.24, 2.45) is 5.92 Å². The van der Waals surface area contributed by atoms with E-state index in [9.17, 15) is 22.8 Å². The molecule has 6 nitrogen and oxygen atoms in total. The molecule has 1 saturated carbocycles. The third-order valence-corrected chi connectivity index (χ3v) is 4.72. The summed E-state index contributed by atoms with van der Waals surface area (Å²) in [6.45, 7) is -1.03. The average molecular weight is 358 g/mol. The predicted molar refractivity (Wildman–Crippen MR) is 83.8 cm³/mol. The predicted octanol–water partition coefficient (Wildman–Crippen LogP) is 2.25. The molecule has 2 fully saturated rings. The van der Waals surface area contributed by atoms with Crippen LogP contribution in [0.25, 0.3) is 0 Å². The van der Waals surface area contributed by atoms with Crippen LogP contribution < -0.4 is 10.2 Å². The van der Waals surface area contributed by atoms with Gasteiger partial charge in [-0.3, -0.25) is 14.3 Å². The molecule has 25 heavy (non-hydrogen) atoms. The van der Waals surface area contributed by atoms with Gasteiger partial charge in [0.25, 0.3) is 0 Å². The third kappa shape index (κ3) is 4.52. The van der Waals surface area contributed by atoms with Gasteiger partial charge in [-0.1, -0.05) is 19.3 Å². The highest BCUT2D eigenvalue weighted by Crippen LogP contribution is 2.27. The van der Waals surface area contributed by atoms with E-state index in [2.05, 4.69) is 10.4 Å². The number of carbonyl (C=O) groups excluding carboxylic acids is 2. The maximum atomic E-state index is 12.4. The van der Waals surface area contributed by atoms with Crippen LogP contribution in [0.5, 0.6) is 0 Å². The van der Waals surface area contributed by atoms with Gasteiger partial charge in [-0.2, -0.15) is 18.3 Å². The zero-order valence-electron chi connectivity index (χ0n) is 13.8. The second-order valence-corrected chi connectivity index (χ2v) is 6.76. The van der Waals surface area contributed by atoms with Crippen molar-refractivity contribution in [1.29, 1.82) is 0 Å². The standard InChI is InChI=1S/C16H21F3N4O2/c17-16(18,19)10-22-9-13(7-20-22)23-8-11(6-14(23)24)15(25)21-12-4-2-1-3-5-12/h7,9,11-12H,1-6,8,10H2,(H,21,25)/t11-/m1/s1. The van der Waals surface area contributed by atoms with Crippen molar-refractivity contribution in [3.63, 3.8) is 0 Å². The van der Waals surface area contributed by atoms with Crippen molar-refractivity contribution in [2.45, 2.75) is 57.3 Å². The normalized spacial score (nSPS) is 22.4. The molecule has 3 rings (SSSR count). The van der Waals surface area contributed by atoms with E-state index in [4.69, 9.17) is 0 Å². The lowest BCUT2D eigenvalue weighted by atomic mass is 9.95. The second-order valence-electron chi connectivity index (χ2n) is 6.76. The van der Waals surface area contributed by atoms with E-state index in [-0.39, 0.29) is 30.8 Å². The van der Waals surface area contributed by atoms with Crippen LogP contribution in [0.4, 0.5) is 18.9 Å². The zero-order chi connectivity index (χ0) is 18.0. The number of alkyl halides is 3. The summed E-state index contributed by atoms with van der Waals surface area (Å²) in [5.74, 6) is -0.888. The molecular weight excluding hydrogens is 337 g/mol.